The monoisotopic (exact) mass is 340 g/mol. The Labute approximate surface area is 143 Å². The lowest BCUT2D eigenvalue weighted by molar-refractivity contribution is -0.385. The molecule has 0 fully saturated rings. The zero-order valence-corrected chi connectivity index (χ0v) is 13.3. The molecular formula is C16H16N6O3. The maximum absolute atomic E-state index is 12.0. The minimum Gasteiger partial charge on any atom is -0.309 e. The minimum absolute atomic E-state index is 0.0972. The molecular weight excluding hydrogens is 324 g/mol. The average Bonchev–Trinajstić information content (AvgIpc) is 3.23. The molecule has 3 aromatic rings. The number of aryl methyl sites for hydroxylation is 1. The van der Waals surface area contributed by atoms with E-state index in [0.29, 0.717) is 12.4 Å². The number of amides is 1. The molecule has 0 spiro atoms. The van der Waals surface area contributed by atoms with Crippen LogP contribution in [0.2, 0.25) is 0 Å². The van der Waals surface area contributed by atoms with Crippen LogP contribution in [0.25, 0.3) is 0 Å². The Morgan fingerprint density at radius 2 is 2.00 bits per heavy atom. The Morgan fingerprint density at radius 3 is 2.72 bits per heavy atom. The van der Waals surface area contributed by atoms with Gasteiger partial charge >= 0.3 is 5.69 Å². The van der Waals surface area contributed by atoms with Crippen molar-refractivity contribution in [1.82, 2.24) is 19.6 Å². The summed E-state index contributed by atoms with van der Waals surface area (Å²) in [5.41, 5.74) is 1.02. The van der Waals surface area contributed by atoms with Crippen LogP contribution in [0.5, 0.6) is 0 Å². The first-order chi connectivity index (χ1) is 12.1. The second kappa shape index (κ2) is 7.39. The van der Waals surface area contributed by atoms with E-state index < -0.39 is 4.92 Å². The fourth-order valence-corrected chi connectivity index (χ4v) is 2.28. The molecule has 1 aromatic carbocycles. The number of nitrogens with one attached hydrogen (secondary N) is 1. The lowest BCUT2D eigenvalue weighted by Gasteiger charge is -2.03. The van der Waals surface area contributed by atoms with Crippen molar-refractivity contribution in [3.05, 3.63) is 70.7 Å². The molecule has 9 heteroatoms. The zero-order valence-electron chi connectivity index (χ0n) is 13.3. The van der Waals surface area contributed by atoms with E-state index in [0.717, 1.165) is 11.8 Å². The lowest BCUT2D eigenvalue weighted by atomic mass is 10.2. The van der Waals surface area contributed by atoms with Gasteiger partial charge < -0.3 is 5.32 Å². The molecule has 0 saturated heterocycles. The van der Waals surface area contributed by atoms with Crippen LogP contribution in [0.15, 0.2) is 55.0 Å². The van der Waals surface area contributed by atoms with Gasteiger partial charge in [0.05, 0.1) is 11.5 Å². The minimum atomic E-state index is -0.525. The van der Waals surface area contributed by atoms with Crippen molar-refractivity contribution in [3.63, 3.8) is 0 Å². The van der Waals surface area contributed by atoms with Gasteiger partial charge in [-0.3, -0.25) is 24.3 Å². The number of carbonyl (C=O) groups is 1. The number of carbonyl (C=O) groups excluding carboxylic acids is 1. The van der Waals surface area contributed by atoms with Crippen LogP contribution in [0.4, 0.5) is 11.5 Å². The number of nitro groups is 1. The van der Waals surface area contributed by atoms with E-state index in [-0.39, 0.29) is 24.6 Å². The quantitative estimate of drug-likeness (QED) is 0.523. The van der Waals surface area contributed by atoms with Crippen LogP contribution in [0.1, 0.15) is 12.0 Å². The van der Waals surface area contributed by atoms with Gasteiger partial charge in [-0.1, -0.05) is 30.3 Å². The average molecular weight is 340 g/mol. The highest BCUT2D eigenvalue weighted by Crippen LogP contribution is 2.09. The van der Waals surface area contributed by atoms with Crippen LogP contribution in [-0.4, -0.2) is 30.4 Å². The molecule has 0 bridgehead atoms. The molecule has 0 atom stereocenters. The Bertz CT molecular complexity index is 871. The third-order valence-corrected chi connectivity index (χ3v) is 3.49. The third-order valence-electron chi connectivity index (χ3n) is 3.49. The number of nitrogens with zero attached hydrogens (tertiary/aromatic N) is 5. The number of hydrogen-bond acceptors (Lipinski definition) is 5. The van der Waals surface area contributed by atoms with Crippen molar-refractivity contribution >= 4 is 17.4 Å². The molecule has 0 saturated carbocycles. The van der Waals surface area contributed by atoms with Gasteiger partial charge in [0.2, 0.25) is 5.91 Å². The number of rotatable bonds is 7. The van der Waals surface area contributed by atoms with E-state index in [2.05, 4.69) is 15.5 Å². The van der Waals surface area contributed by atoms with Crippen molar-refractivity contribution in [3.8, 4) is 0 Å². The van der Waals surface area contributed by atoms with Crippen LogP contribution >= 0.6 is 0 Å². The Hall–Kier alpha value is -3.49. The van der Waals surface area contributed by atoms with Gasteiger partial charge in [-0.15, -0.1) is 0 Å². The highest BCUT2D eigenvalue weighted by Gasteiger charge is 2.10. The smallest absolute Gasteiger partial charge is 0.306 e. The summed E-state index contributed by atoms with van der Waals surface area (Å²) in [6.45, 7) is 0.873. The summed E-state index contributed by atoms with van der Waals surface area (Å²) >= 11 is 0. The van der Waals surface area contributed by atoms with Crippen LogP contribution in [-0.2, 0) is 17.9 Å². The lowest BCUT2D eigenvalue weighted by Crippen LogP contribution is -2.15. The number of benzene rings is 1. The fourth-order valence-electron chi connectivity index (χ4n) is 2.28. The fraction of sp³-hybridized carbons (Fsp3) is 0.188. The van der Waals surface area contributed by atoms with Gasteiger partial charge in [0.25, 0.3) is 0 Å². The van der Waals surface area contributed by atoms with Crippen LogP contribution in [0.3, 0.4) is 0 Å². The van der Waals surface area contributed by atoms with Gasteiger partial charge in [0, 0.05) is 25.2 Å². The molecule has 0 aliphatic heterocycles. The van der Waals surface area contributed by atoms with E-state index in [1.165, 1.54) is 10.9 Å². The first kappa shape index (κ1) is 16.4. The first-order valence-corrected chi connectivity index (χ1v) is 7.64. The maximum Gasteiger partial charge on any atom is 0.306 e. The van der Waals surface area contributed by atoms with Gasteiger partial charge in [0.1, 0.15) is 12.4 Å². The van der Waals surface area contributed by atoms with Crippen molar-refractivity contribution in [2.75, 3.05) is 5.32 Å². The summed E-state index contributed by atoms with van der Waals surface area (Å²) in [4.78, 5) is 22.0. The van der Waals surface area contributed by atoms with Gasteiger partial charge in [-0.05, 0) is 5.56 Å². The van der Waals surface area contributed by atoms with Crippen LogP contribution < -0.4 is 5.32 Å². The molecule has 0 aliphatic rings. The second-order valence-electron chi connectivity index (χ2n) is 5.40. The predicted molar refractivity (Wildman–Crippen MR) is 89.9 cm³/mol. The Balaban J connectivity index is 1.50. The molecule has 0 radical (unpaired) electrons. The normalized spacial score (nSPS) is 10.6. The largest absolute Gasteiger partial charge is 0.309 e. The van der Waals surface area contributed by atoms with E-state index >= 15 is 0 Å². The second-order valence-corrected chi connectivity index (χ2v) is 5.40. The Kier molecular flexibility index (Phi) is 4.84. The molecule has 1 amide bonds. The van der Waals surface area contributed by atoms with E-state index in [1.807, 2.05) is 30.3 Å². The Morgan fingerprint density at radius 1 is 1.20 bits per heavy atom. The van der Waals surface area contributed by atoms with Crippen molar-refractivity contribution in [2.24, 2.45) is 0 Å². The van der Waals surface area contributed by atoms with Gasteiger partial charge in [-0.25, -0.2) is 0 Å². The molecule has 3 rings (SSSR count). The van der Waals surface area contributed by atoms with Gasteiger partial charge in [0.15, 0.2) is 5.82 Å². The molecule has 0 aliphatic carbocycles. The molecule has 2 heterocycles. The molecule has 1 N–H and O–H groups in total. The number of hydrogen-bond donors (Lipinski definition) is 1. The SMILES string of the molecule is O=C(CCn1cc([N+](=O)[O-])cn1)Nc1ccn(Cc2ccccc2)n1. The summed E-state index contributed by atoms with van der Waals surface area (Å²) in [6.07, 6.45) is 4.38. The predicted octanol–water partition coefficient (Wildman–Crippen LogP) is 2.06. The van der Waals surface area contributed by atoms with Crippen molar-refractivity contribution in [1.29, 1.82) is 0 Å². The van der Waals surface area contributed by atoms with E-state index in [1.54, 1.807) is 16.9 Å². The van der Waals surface area contributed by atoms with Gasteiger partial charge in [-0.2, -0.15) is 10.2 Å². The summed E-state index contributed by atoms with van der Waals surface area (Å²) in [6, 6.07) is 11.6. The van der Waals surface area contributed by atoms with E-state index in [4.69, 9.17) is 0 Å². The number of anilines is 1. The summed E-state index contributed by atoms with van der Waals surface area (Å²) in [5, 5.41) is 21.4. The topological polar surface area (TPSA) is 108 Å². The highest BCUT2D eigenvalue weighted by molar-refractivity contribution is 5.89. The number of aromatic nitrogens is 4. The van der Waals surface area contributed by atoms with E-state index in [9.17, 15) is 14.9 Å². The molecule has 0 unspecified atom stereocenters. The maximum atomic E-state index is 12.0. The molecule has 2 aromatic heterocycles. The van der Waals surface area contributed by atoms with Crippen molar-refractivity contribution in [2.45, 2.75) is 19.5 Å². The highest BCUT2D eigenvalue weighted by atomic mass is 16.6. The van der Waals surface area contributed by atoms with Crippen LogP contribution in [0, 0.1) is 10.1 Å². The summed E-state index contributed by atoms with van der Waals surface area (Å²) in [5.74, 6) is 0.232. The first-order valence-electron chi connectivity index (χ1n) is 7.64. The standard InChI is InChI=1S/C16H16N6O3/c23-16(7-9-20-12-14(10-17-20)22(24)25)18-15-6-8-21(19-15)11-13-4-2-1-3-5-13/h1-6,8,10,12H,7,9,11H2,(H,18,19,23). The molecule has 128 valence electrons. The molecule has 9 nitrogen and oxygen atoms in total. The van der Waals surface area contributed by atoms with Crippen molar-refractivity contribution < 1.29 is 9.72 Å². The zero-order chi connectivity index (χ0) is 17.6. The molecule has 25 heavy (non-hydrogen) atoms. The summed E-state index contributed by atoms with van der Waals surface area (Å²) < 4.78 is 3.10. The summed E-state index contributed by atoms with van der Waals surface area (Å²) in [7, 11) is 0. The third kappa shape index (κ3) is 4.50.